The Balaban J connectivity index is 1.46. The maximum Gasteiger partial charge on any atom is 0.265 e. The minimum atomic E-state index is -0.528. The molecule has 4 rings (SSSR count). The number of aromatic amines is 1. The lowest BCUT2D eigenvalue weighted by atomic mass is 9.90. The molecule has 1 aliphatic heterocycles. The number of nitrogens with two attached hydrogens (primary N) is 1. The number of rotatable bonds is 5. The maximum atomic E-state index is 12.8. The number of carbonyl (C=O) groups is 2. The normalized spacial score (nSPS) is 19.3. The predicted octanol–water partition coefficient (Wildman–Crippen LogP) is 0.912. The minimum absolute atomic E-state index is 0.0679. The highest BCUT2D eigenvalue weighted by Gasteiger charge is 2.35. The number of H-pyrrole nitrogens is 1. The first kappa shape index (κ1) is 17.4. The largest absolute Gasteiger partial charge is 0.364 e. The lowest BCUT2D eigenvalue weighted by molar-refractivity contribution is -0.119. The molecule has 27 heavy (non-hydrogen) atoms. The van der Waals surface area contributed by atoms with Gasteiger partial charge in [0.2, 0.25) is 5.91 Å². The van der Waals surface area contributed by atoms with E-state index in [-0.39, 0.29) is 17.7 Å². The average molecular weight is 385 g/mol. The predicted molar refractivity (Wildman–Crippen MR) is 101 cm³/mol. The van der Waals surface area contributed by atoms with E-state index in [1.807, 2.05) is 24.8 Å². The van der Waals surface area contributed by atoms with Crippen LogP contribution in [0.1, 0.15) is 22.0 Å². The van der Waals surface area contributed by atoms with Crippen LogP contribution >= 0.6 is 11.3 Å². The first-order valence-electron chi connectivity index (χ1n) is 8.45. The van der Waals surface area contributed by atoms with E-state index >= 15 is 0 Å². The van der Waals surface area contributed by atoms with Gasteiger partial charge in [0.05, 0.1) is 17.8 Å². The Bertz CT molecular complexity index is 989. The number of nitrogens with zero attached hydrogens (tertiary/aromatic N) is 3. The van der Waals surface area contributed by atoms with Gasteiger partial charge in [-0.15, -0.1) is 11.3 Å². The Morgan fingerprint density at radius 3 is 2.96 bits per heavy atom. The number of carbonyl (C=O) groups excluding carboxylic acids is 2. The van der Waals surface area contributed by atoms with Gasteiger partial charge in [-0.3, -0.25) is 14.3 Å². The molecule has 3 aromatic heterocycles. The monoisotopic (exact) mass is 385 g/mol. The second-order valence-electron chi connectivity index (χ2n) is 6.51. The van der Waals surface area contributed by atoms with Crippen molar-refractivity contribution in [3.05, 3.63) is 41.3 Å². The van der Waals surface area contributed by atoms with Crippen LogP contribution in [-0.2, 0) is 11.8 Å². The summed E-state index contributed by atoms with van der Waals surface area (Å²) in [6, 6.07) is 1.64. The van der Waals surface area contributed by atoms with E-state index in [4.69, 9.17) is 5.73 Å². The van der Waals surface area contributed by atoms with Crippen molar-refractivity contribution in [1.82, 2.24) is 25.1 Å². The van der Waals surface area contributed by atoms with Crippen LogP contribution in [0.5, 0.6) is 0 Å². The van der Waals surface area contributed by atoms with Crippen LogP contribution in [0.3, 0.4) is 0 Å². The summed E-state index contributed by atoms with van der Waals surface area (Å²) in [6.07, 6.45) is 5.42. The van der Waals surface area contributed by atoms with E-state index in [0.717, 1.165) is 17.7 Å². The van der Waals surface area contributed by atoms with Crippen LogP contribution in [0.25, 0.3) is 11.3 Å². The van der Waals surface area contributed by atoms with Crippen molar-refractivity contribution in [3.8, 4) is 11.3 Å². The Labute approximate surface area is 159 Å². The molecule has 0 spiro atoms. The molecule has 140 valence electrons. The highest BCUT2D eigenvalue weighted by Crippen LogP contribution is 2.30. The molecule has 0 aromatic carbocycles. The number of anilines is 1. The van der Waals surface area contributed by atoms with E-state index in [1.165, 1.54) is 11.3 Å². The highest BCUT2D eigenvalue weighted by atomic mass is 32.1. The molecule has 0 aliphatic carbocycles. The van der Waals surface area contributed by atoms with E-state index in [2.05, 4.69) is 25.7 Å². The van der Waals surface area contributed by atoms with Gasteiger partial charge in [-0.2, -0.15) is 5.10 Å². The minimum Gasteiger partial charge on any atom is -0.364 e. The molecule has 1 fully saturated rings. The van der Waals surface area contributed by atoms with Crippen molar-refractivity contribution in [2.75, 3.05) is 18.4 Å². The summed E-state index contributed by atoms with van der Waals surface area (Å²) in [6.45, 7) is 1.36. The summed E-state index contributed by atoms with van der Waals surface area (Å²) in [4.78, 5) is 31.2. The average Bonchev–Trinajstić information content (AvgIpc) is 3.40. The van der Waals surface area contributed by atoms with Crippen molar-refractivity contribution < 1.29 is 9.59 Å². The number of hydrogen-bond acceptors (Lipinski definition) is 6. The Hall–Kier alpha value is -2.98. The van der Waals surface area contributed by atoms with Gasteiger partial charge in [-0.1, -0.05) is 0 Å². The second-order valence-corrected chi connectivity index (χ2v) is 7.37. The summed E-state index contributed by atoms with van der Waals surface area (Å²) in [5, 5.41) is 12.7. The summed E-state index contributed by atoms with van der Waals surface area (Å²) < 4.78 is 1.74. The molecular formula is C17H19N7O2S. The zero-order chi connectivity index (χ0) is 19.0. The zero-order valence-electron chi connectivity index (χ0n) is 14.6. The Kier molecular flexibility index (Phi) is 4.50. The highest BCUT2D eigenvalue weighted by molar-refractivity contribution is 7.14. The van der Waals surface area contributed by atoms with Gasteiger partial charge in [-0.25, -0.2) is 4.98 Å². The summed E-state index contributed by atoms with van der Waals surface area (Å²) in [7, 11) is 1.86. The molecule has 2 atom stereocenters. The molecule has 5 N–H and O–H groups in total. The fraction of sp³-hybridized carbons (Fsp3) is 0.294. The number of nitrogens with one attached hydrogen (secondary N) is 3. The molecule has 0 saturated carbocycles. The lowest BCUT2D eigenvalue weighted by Gasteiger charge is -2.15. The van der Waals surface area contributed by atoms with Gasteiger partial charge in [0.15, 0.2) is 5.13 Å². The molecule has 0 radical (unpaired) electrons. The van der Waals surface area contributed by atoms with Gasteiger partial charge in [0.1, 0.15) is 5.69 Å². The Morgan fingerprint density at radius 1 is 1.41 bits per heavy atom. The number of thiazole rings is 1. The smallest absolute Gasteiger partial charge is 0.265 e. The standard InChI is InChI=1S/C17H19N7O2S/c1-24-7-10(4-21-24)11-5-19-6-12(11)16(26)23-17-22-14(8-27-17)9-2-13(15(18)25)20-3-9/h2-4,7-8,11-12,19-20H,5-6H2,1H3,(H2,18,25)(H,22,23,26)/t11-,12+/m1/s1. The van der Waals surface area contributed by atoms with Crippen LogP contribution < -0.4 is 16.4 Å². The number of aromatic nitrogens is 4. The number of aryl methyl sites for hydroxylation is 1. The number of amides is 2. The van der Waals surface area contributed by atoms with Crippen LogP contribution in [0, 0.1) is 5.92 Å². The molecular weight excluding hydrogens is 366 g/mol. The molecule has 0 bridgehead atoms. The number of hydrogen-bond donors (Lipinski definition) is 4. The van der Waals surface area contributed by atoms with Crippen LogP contribution in [0.15, 0.2) is 30.0 Å². The first-order valence-corrected chi connectivity index (χ1v) is 9.33. The van der Waals surface area contributed by atoms with E-state index < -0.39 is 5.91 Å². The fourth-order valence-electron chi connectivity index (χ4n) is 3.28. The fourth-order valence-corrected chi connectivity index (χ4v) is 4.00. The van der Waals surface area contributed by atoms with E-state index in [0.29, 0.717) is 23.1 Å². The summed E-state index contributed by atoms with van der Waals surface area (Å²) in [5.74, 6) is -0.696. The number of primary amides is 1. The van der Waals surface area contributed by atoms with E-state index in [9.17, 15) is 9.59 Å². The SMILES string of the molecule is Cn1cc([C@H]2CNC[C@@H]2C(=O)Nc2nc(-c3c[nH]c(C(N)=O)c3)cs2)cn1. The van der Waals surface area contributed by atoms with Crippen molar-refractivity contribution in [3.63, 3.8) is 0 Å². The molecule has 10 heteroatoms. The summed E-state index contributed by atoms with van der Waals surface area (Å²) >= 11 is 1.34. The first-order chi connectivity index (χ1) is 13.0. The van der Waals surface area contributed by atoms with Crippen LogP contribution in [0.2, 0.25) is 0 Å². The quantitative estimate of drug-likeness (QED) is 0.519. The van der Waals surface area contributed by atoms with Gasteiger partial charge in [0.25, 0.3) is 5.91 Å². The topological polar surface area (TPSA) is 131 Å². The molecule has 4 heterocycles. The van der Waals surface area contributed by atoms with Gasteiger partial charge in [0, 0.05) is 49.4 Å². The molecule has 2 amide bonds. The van der Waals surface area contributed by atoms with E-state index in [1.54, 1.807) is 16.9 Å². The van der Waals surface area contributed by atoms with Crippen molar-refractivity contribution in [2.24, 2.45) is 18.7 Å². The molecule has 3 aromatic rings. The third-order valence-electron chi connectivity index (χ3n) is 4.68. The lowest BCUT2D eigenvalue weighted by Crippen LogP contribution is -2.28. The third kappa shape index (κ3) is 3.49. The molecule has 1 saturated heterocycles. The summed E-state index contributed by atoms with van der Waals surface area (Å²) in [5.41, 5.74) is 8.04. The Morgan fingerprint density at radius 2 is 2.26 bits per heavy atom. The van der Waals surface area contributed by atoms with Crippen molar-refractivity contribution in [1.29, 1.82) is 0 Å². The third-order valence-corrected chi connectivity index (χ3v) is 5.44. The van der Waals surface area contributed by atoms with Crippen molar-refractivity contribution in [2.45, 2.75) is 5.92 Å². The van der Waals surface area contributed by atoms with Crippen LogP contribution in [-0.4, -0.2) is 44.7 Å². The van der Waals surface area contributed by atoms with Gasteiger partial charge >= 0.3 is 0 Å². The molecule has 0 unspecified atom stereocenters. The maximum absolute atomic E-state index is 12.8. The molecule has 1 aliphatic rings. The zero-order valence-corrected chi connectivity index (χ0v) is 15.4. The van der Waals surface area contributed by atoms with Crippen LogP contribution in [0.4, 0.5) is 5.13 Å². The second kappa shape index (κ2) is 6.97. The molecule has 9 nitrogen and oxygen atoms in total. The van der Waals surface area contributed by atoms with Crippen molar-refractivity contribution >= 4 is 28.3 Å². The van der Waals surface area contributed by atoms with Gasteiger partial charge < -0.3 is 21.4 Å². The van der Waals surface area contributed by atoms with Gasteiger partial charge in [-0.05, 0) is 11.6 Å².